The Kier molecular flexibility index (Phi) is 5.06. The minimum Gasteiger partial charge on any atom is -0.340 e. The Morgan fingerprint density at radius 2 is 1.93 bits per heavy atom. The zero-order valence-electron chi connectivity index (χ0n) is 17.0. The summed E-state index contributed by atoms with van der Waals surface area (Å²) in [4.78, 5) is 26.3. The van der Waals surface area contributed by atoms with Crippen LogP contribution in [0.3, 0.4) is 0 Å². The molecular weight excluding hydrogens is 388 g/mol. The third-order valence-corrected chi connectivity index (χ3v) is 7.04. The summed E-state index contributed by atoms with van der Waals surface area (Å²) in [6, 6.07) is 6.74. The van der Waals surface area contributed by atoms with E-state index in [-0.39, 0.29) is 16.8 Å². The first-order valence-electron chi connectivity index (χ1n) is 10.0. The molecule has 1 amide bonds. The number of aromatic nitrogens is 2. The van der Waals surface area contributed by atoms with Gasteiger partial charge in [-0.05, 0) is 31.4 Å². The van der Waals surface area contributed by atoms with E-state index in [1.54, 1.807) is 36.3 Å². The average molecular weight is 415 g/mol. The normalized spacial score (nSPS) is 20.2. The summed E-state index contributed by atoms with van der Waals surface area (Å²) < 4.78 is 23.9. The van der Waals surface area contributed by atoms with Gasteiger partial charge in [0.15, 0.2) is 21.5 Å². The van der Waals surface area contributed by atoms with Crippen molar-refractivity contribution in [1.29, 1.82) is 0 Å². The van der Waals surface area contributed by atoms with Crippen LogP contribution < -0.4 is 9.80 Å². The van der Waals surface area contributed by atoms with Gasteiger partial charge in [-0.3, -0.25) is 4.79 Å². The Hall–Kier alpha value is -2.48. The van der Waals surface area contributed by atoms with Crippen molar-refractivity contribution in [2.75, 3.05) is 23.1 Å². The Balaban J connectivity index is 1.84. The maximum absolute atomic E-state index is 13.0. The van der Waals surface area contributed by atoms with E-state index in [0.717, 1.165) is 31.5 Å². The molecule has 1 aliphatic carbocycles. The van der Waals surface area contributed by atoms with Crippen LogP contribution in [0.15, 0.2) is 35.4 Å². The van der Waals surface area contributed by atoms with E-state index in [0.29, 0.717) is 29.5 Å². The molecule has 1 aromatic carbocycles. The van der Waals surface area contributed by atoms with Gasteiger partial charge in [-0.1, -0.05) is 31.9 Å². The Bertz CT molecular complexity index is 1050. The third-order valence-electron chi connectivity index (χ3n) is 5.93. The lowest BCUT2D eigenvalue weighted by Gasteiger charge is -2.43. The van der Waals surface area contributed by atoms with Crippen molar-refractivity contribution in [1.82, 2.24) is 9.97 Å². The number of carbonyl (C=O) groups is 1. The van der Waals surface area contributed by atoms with Gasteiger partial charge in [-0.2, -0.15) is 0 Å². The first kappa shape index (κ1) is 19.8. The van der Waals surface area contributed by atoms with Gasteiger partial charge >= 0.3 is 0 Å². The predicted molar refractivity (Wildman–Crippen MR) is 113 cm³/mol. The number of hydrogen-bond donors (Lipinski definition) is 0. The van der Waals surface area contributed by atoms with Crippen LogP contribution >= 0.6 is 0 Å². The number of nitrogens with zero attached hydrogens (tertiary/aromatic N) is 4. The van der Waals surface area contributed by atoms with Crippen LogP contribution in [0.2, 0.25) is 0 Å². The minimum atomic E-state index is -3.32. The van der Waals surface area contributed by atoms with Crippen LogP contribution in [-0.4, -0.2) is 49.7 Å². The van der Waals surface area contributed by atoms with Crippen LogP contribution in [0.25, 0.3) is 11.4 Å². The average Bonchev–Trinajstić information content (AvgIpc) is 3.24. The van der Waals surface area contributed by atoms with Crippen LogP contribution in [0.4, 0.5) is 11.5 Å². The standard InChI is InChI=1S/C21H26N4O3S/c1-4-17-21(26)24(2)18-13-22-19(14-8-7-11-16(12-14)29(3,27)28)23-20(18)25(17)15-9-5-6-10-15/h7-8,11-13,15,17H,4-6,9-10H2,1-3H3. The highest BCUT2D eigenvalue weighted by Crippen LogP contribution is 2.40. The summed E-state index contributed by atoms with van der Waals surface area (Å²) in [5, 5.41) is 0. The lowest BCUT2D eigenvalue weighted by Crippen LogP contribution is -2.55. The summed E-state index contributed by atoms with van der Waals surface area (Å²) in [5.41, 5.74) is 1.35. The SMILES string of the molecule is CCC1C(=O)N(C)c2cnc(-c3cccc(S(C)(=O)=O)c3)nc2N1C1CCCC1. The lowest BCUT2D eigenvalue weighted by molar-refractivity contribution is -0.120. The minimum absolute atomic E-state index is 0.0716. The molecule has 2 aromatic rings. The molecule has 0 radical (unpaired) electrons. The maximum atomic E-state index is 13.0. The Morgan fingerprint density at radius 1 is 1.21 bits per heavy atom. The van der Waals surface area contributed by atoms with Gasteiger partial charge in [-0.25, -0.2) is 18.4 Å². The van der Waals surface area contributed by atoms with E-state index in [1.807, 2.05) is 13.0 Å². The molecule has 1 aliphatic heterocycles. The highest BCUT2D eigenvalue weighted by Gasteiger charge is 2.41. The van der Waals surface area contributed by atoms with Gasteiger partial charge in [0, 0.05) is 24.9 Å². The first-order chi connectivity index (χ1) is 13.8. The number of likely N-dealkylation sites (N-methyl/N-ethyl adjacent to an activating group) is 1. The van der Waals surface area contributed by atoms with E-state index in [4.69, 9.17) is 4.98 Å². The number of anilines is 2. The van der Waals surface area contributed by atoms with Crippen molar-refractivity contribution in [2.45, 2.75) is 56.0 Å². The fraction of sp³-hybridized carbons (Fsp3) is 0.476. The van der Waals surface area contributed by atoms with Crippen molar-refractivity contribution in [3.8, 4) is 11.4 Å². The van der Waals surface area contributed by atoms with E-state index in [1.165, 1.54) is 6.26 Å². The molecule has 4 rings (SSSR count). The van der Waals surface area contributed by atoms with Gasteiger partial charge in [-0.15, -0.1) is 0 Å². The Labute approximate surface area is 171 Å². The van der Waals surface area contributed by atoms with Gasteiger partial charge < -0.3 is 9.80 Å². The van der Waals surface area contributed by atoms with Gasteiger partial charge in [0.2, 0.25) is 5.91 Å². The molecule has 29 heavy (non-hydrogen) atoms. The summed E-state index contributed by atoms with van der Waals surface area (Å²) >= 11 is 0. The molecule has 1 unspecified atom stereocenters. The first-order valence-corrected chi connectivity index (χ1v) is 11.9. The van der Waals surface area contributed by atoms with Crippen LogP contribution in [0.5, 0.6) is 0 Å². The number of rotatable bonds is 4. The zero-order valence-corrected chi connectivity index (χ0v) is 17.8. The predicted octanol–water partition coefficient (Wildman–Crippen LogP) is 3.05. The van der Waals surface area contributed by atoms with Crippen LogP contribution in [-0.2, 0) is 14.6 Å². The van der Waals surface area contributed by atoms with Crippen LogP contribution in [0.1, 0.15) is 39.0 Å². The van der Waals surface area contributed by atoms with Gasteiger partial charge in [0.25, 0.3) is 0 Å². The maximum Gasteiger partial charge on any atom is 0.249 e. The topological polar surface area (TPSA) is 83.5 Å². The van der Waals surface area contributed by atoms with E-state index in [9.17, 15) is 13.2 Å². The monoisotopic (exact) mass is 414 g/mol. The second-order valence-electron chi connectivity index (χ2n) is 7.87. The van der Waals surface area contributed by atoms with Gasteiger partial charge in [0.1, 0.15) is 11.7 Å². The van der Waals surface area contributed by atoms with E-state index >= 15 is 0 Å². The van der Waals surface area contributed by atoms with Crippen molar-refractivity contribution in [3.05, 3.63) is 30.5 Å². The third kappa shape index (κ3) is 3.50. The summed E-state index contributed by atoms with van der Waals surface area (Å²) in [5.74, 6) is 1.30. The molecule has 7 nitrogen and oxygen atoms in total. The quantitative estimate of drug-likeness (QED) is 0.765. The fourth-order valence-corrected chi connectivity index (χ4v) is 5.05. The van der Waals surface area contributed by atoms with Crippen molar-refractivity contribution < 1.29 is 13.2 Å². The second-order valence-corrected chi connectivity index (χ2v) is 9.89. The Morgan fingerprint density at radius 3 is 2.59 bits per heavy atom. The van der Waals surface area contributed by atoms with Crippen molar-refractivity contribution >= 4 is 27.2 Å². The zero-order chi connectivity index (χ0) is 20.8. The molecule has 2 heterocycles. The molecular formula is C21H26N4O3S. The number of carbonyl (C=O) groups excluding carboxylic acids is 1. The number of sulfone groups is 1. The summed E-state index contributed by atoms with van der Waals surface area (Å²) in [6.45, 7) is 2.03. The van der Waals surface area contributed by atoms with E-state index in [2.05, 4.69) is 9.88 Å². The van der Waals surface area contributed by atoms with Crippen molar-refractivity contribution in [3.63, 3.8) is 0 Å². The molecule has 2 aliphatic rings. The molecule has 1 fully saturated rings. The molecule has 0 bridgehead atoms. The van der Waals surface area contributed by atoms with Gasteiger partial charge in [0.05, 0.1) is 11.1 Å². The molecule has 1 saturated carbocycles. The number of hydrogen-bond acceptors (Lipinski definition) is 6. The highest BCUT2D eigenvalue weighted by molar-refractivity contribution is 7.90. The molecule has 0 saturated heterocycles. The largest absolute Gasteiger partial charge is 0.340 e. The molecule has 8 heteroatoms. The lowest BCUT2D eigenvalue weighted by atomic mass is 10.0. The molecule has 0 N–H and O–H groups in total. The van der Waals surface area contributed by atoms with E-state index < -0.39 is 9.84 Å². The summed E-state index contributed by atoms with van der Waals surface area (Å²) in [7, 11) is -1.56. The molecule has 154 valence electrons. The molecule has 1 aromatic heterocycles. The summed E-state index contributed by atoms with van der Waals surface area (Å²) in [6.07, 6.45) is 7.99. The molecule has 0 spiro atoms. The number of amides is 1. The van der Waals surface area contributed by atoms with Crippen LogP contribution in [0, 0.1) is 0 Å². The smallest absolute Gasteiger partial charge is 0.249 e. The number of fused-ring (bicyclic) bond motifs is 1. The number of benzene rings is 1. The highest BCUT2D eigenvalue weighted by atomic mass is 32.2. The van der Waals surface area contributed by atoms with Crippen molar-refractivity contribution in [2.24, 2.45) is 0 Å². The second kappa shape index (κ2) is 7.40. The molecule has 1 atom stereocenters. The fourth-order valence-electron chi connectivity index (χ4n) is 4.39.